The summed E-state index contributed by atoms with van der Waals surface area (Å²) in [7, 11) is 0. The molecule has 1 N–H and O–H groups in total. The van der Waals surface area contributed by atoms with Gasteiger partial charge in [0.05, 0.1) is 9.21 Å². The van der Waals surface area contributed by atoms with Crippen LogP contribution in [0.3, 0.4) is 0 Å². The van der Waals surface area contributed by atoms with Crippen LogP contribution in [0.4, 0.5) is 4.39 Å². The zero-order valence-corrected chi connectivity index (χ0v) is 13.7. The number of oxime groups is 1. The number of carbonyl (C=O) groups is 1. The molecule has 4 nitrogen and oxygen atoms in total. The molecule has 23 heavy (non-hydrogen) atoms. The number of hydrogen-bond acceptors (Lipinski definition) is 4. The van der Waals surface area contributed by atoms with E-state index in [4.69, 9.17) is 16.4 Å². The van der Waals surface area contributed by atoms with E-state index in [0.717, 1.165) is 16.2 Å². The highest BCUT2D eigenvalue weighted by Gasteiger charge is 2.29. The summed E-state index contributed by atoms with van der Waals surface area (Å²) in [5.41, 5.74) is 1.56. The summed E-state index contributed by atoms with van der Waals surface area (Å²) in [6, 6.07) is 9.97. The molecule has 7 heteroatoms. The second-order valence-corrected chi connectivity index (χ2v) is 6.83. The number of hydrogen-bond donors (Lipinski definition) is 1. The van der Waals surface area contributed by atoms with Crippen LogP contribution in [0.1, 0.15) is 16.9 Å². The number of halogens is 2. The maximum Gasteiger partial charge on any atom is 0.264 e. The fourth-order valence-electron chi connectivity index (χ4n) is 2.27. The summed E-state index contributed by atoms with van der Waals surface area (Å²) in [4.78, 5) is 18.2. The quantitative estimate of drug-likeness (QED) is 0.896. The van der Waals surface area contributed by atoms with Crippen LogP contribution in [-0.2, 0) is 16.1 Å². The summed E-state index contributed by atoms with van der Waals surface area (Å²) in [6.07, 6.45) is 0.353. The summed E-state index contributed by atoms with van der Waals surface area (Å²) < 4.78 is 13.7. The number of amides is 1. The predicted molar refractivity (Wildman–Crippen MR) is 88.5 cm³/mol. The Morgan fingerprint density at radius 2 is 2.30 bits per heavy atom. The SMILES string of the molecule is O=C(NCCc1cccc(F)c1)C1CC(c2ccc(Cl)s2)=NO1. The lowest BCUT2D eigenvalue weighted by atomic mass is 10.1. The number of nitrogens with zero attached hydrogens (tertiary/aromatic N) is 1. The van der Waals surface area contributed by atoms with Gasteiger partial charge in [-0.15, -0.1) is 11.3 Å². The summed E-state index contributed by atoms with van der Waals surface area (Å²) in [5.74, 6) is -0.497. The van der Waals surface area contributed by atoms with E-state index in [1.165, 1.54) is 23.5 Å². The summed E-state index contributed by atoms with van der Waals surface area (Å²) in [5, 5.41) is 6.75. The van der Waals surface area contributed by atoms with Gasteiger partial charge in [-0.2, -0.15) is 0 Å². The zero-order valence-electron chi connectivity index (χ0n) is 12.1. The van der Waals surface area contributed by atoms with E-state index in [1.807, 2.05) is 12.1 Å². The van der Waals surface area contributed by atoms with Gasteiger partial charge >= 0.3 is 0 Å². The summed E-state index contributed by atoms with van der Waals surface area (Å²) >= 11 is 7.29. The minimum Gasteiger partial charge on any atom is -0.382 e. The molecule has 2 heterocycles. The van der Waals surface area contributed by atoms with E-state index in [1.54, 1.807) is 12.1 Å². The van der Waals surface area contributed by atoms with Crippen molar-refractivity contribution < 1.29 is 14.0 Å². The molecule has 0 bridgehead atoms. The van der Waals surface area contributed by atoms with Crippen LogP contribution in [0, 0.1) is 5.82 Å². The standard InChI is InChI=1S/C16H14ClFN2O2S/c17-15-5-4-14(23-15)12-9-13(22-20-12)16(21)19-7-6-10-2-1-3-11(18)8-10/h1-5,8,13H,6-7,9H2,(H,19,21). The van der Waals surface area contributed by atoms with Gasteiger partial charge in [-0.05, 0) is 36.2 Å². The van der Waals surface area contributed by atoms with Crippen LogP contribution in [0.5, 0.6) is 0 Å². The van der Waals surface area contributed by atoms with E-state index in [-0.39, 0.29) is 11.7 Å². The molecule has 1 aromatic heterocycles. The molecule has 0 saturated heterocycles. The Morgan fingerprint density at radius 1 is 1.43 bits per heavy atom. The van der Waals surface area contributed by atoms with Gasteiger partial charge in [0.2, 0.25) is 6.10 Å². The lowest BCUT2D eigenvalue weighted by Gasteiger charge is -2.09. The largest absolute Gasteiger partial charge is 0.382 e. The Kier molecular flexibility index (Phi) is 4.93. The topological polar surface area (TPSA) is 50.7 Å². The van der Waals surface area contributed by atoms with Crippen molar-refractivity contribution in [2.45, 2.75) is 18.9 Å². The first-order valence-corrected chi connectivity index (χ1v) is 8.32. The maximum atomic E-state index is 13.1. The highest BCUT2D eigenvalue weighted by atomic mass is 35.5. The lowest BCUT2D eigenvalue weighted by molar-refractivity contribution is -0.131. The van der Waals surface area contributed by atoms with Crippen molar-refractivity contribution in [1.29, 1.82) is 0 Å². The Labute approximate surface area is 141 Å². The smallest absolute Gasteiger partial charge is 0.264 e. The molecule has 1 aliphatic heterocycles. The molecule has 1 aromatic carbocycles. The van der Waals surface area contributed by atoms with Gasteiger partial charge in [-0.25, -0.2) is 4.39 Å². The van der Waals surface area contributed by atoms with Gasteiger partial charge in [0.25, 0.3) is 5.91 Å². The highest BCUT2D eigenvalue weighted by Crippen LogP contribution is 2.26. The fourth-order valence-corrected chi connectivity index (χ4v) is 3.30. The zero-order chi connectivity index (χ0) is 16.2. The van der Waals surface area contributed by atoms with Crippen molar-refractivity contribution in [2.24, 2.45) is 5.16 Å². The second kappa shape index (κ2) is 7.10. The molecule has 3 rings (SSSR count). The molecule has 0 radical (unpaired) electrons. The second-order valence-electron chi connectivity index (χ2n) is 5.11. The molecular formula is C16H14ClFN2O2S. The van der Waals surface area contributed by atoms with Crippen LogP contribution < -0.4 is 5.32 Å². The van der Waals surface area contributed by atoms with E-state index in [0.29, 0.717) is 23.7 Å². The van der Waals surface area contributed by atoms with Gasteiger partial charge in [0.1, 0.15) is 11.5 Å². The van der Waals surface area contributed by atoms with Crippen LogP contribution in [0.2, 0.25) is 4.34 Å². The van der Waals surface area contributed by atoms with E-state index < -0.39 is 6.10 Å². The molecular weight excluding hydrogens is 339 g/mol. The third-order valence-electron chi connectivity index (χ3n) is 3.42. The van der Waals surface area contributed by atoms with Gasteiger partial charge in [0, 0.05) is 13.0 Å². The first kappa shape index (κ1) is 16.0. The van der Waals surface area contributed by atoms with Gasteiger partial charge in [-0.1, -0.05) is 28.9 Å². The van der Waals surface area contributed by atoms with E-state index >= 15 is 0 Å². The minimum atomic E-state index is -0.626. The third kappa shape index (κ3) is 4.09. The molecule has 0 fully saturated rings. The number of rotatable bonds is 5. The molecule has 0 aliphatic carbocycles. The Morgan fingerprint density at radius 3 is 3.04 bits per heavy atom. The number of nitrogens with one attached hydrogen (secondary N) is 1. The molecule has 1 aliphatic rings. The molecule has 0 spiro atoms. The fraction of sp³-hybridized carbons (Fsp3) is 0.250. The molecule has 120 valence electrons. The van der Waals surface area contributed by atoms with Crippen molar-refractivity contribution in [2.75, 3.05) is 6.54 Å². The van der Waals surface area contributed by atoms with Crippen molar-refractivity contribution in [3.05, 3.63) is 57.0 Å². The third-order valence-corrected chi connectivity index (χ3v) is 4.70. The van der Waals surface area contributed by atoms with Gasteiger partial charge in [0.15, 0.2) is 0 Å². The first-order chi connectivity index (χ1) is 11.1. The predicted octanol–water partition coefficient (Wildman–Crippen LogP) is 3.39. The van der Waals surface area contributed by atoms with E-state index in [2.05, 4.69) is 10.5 Å². The van der Waals surface area contributed by atoms with Crippen molar-refractivity contribution in [1.82, 2.24) is 5.32 Å². The summed E-state index contributed by atoms with van der Waals surface area (Å²) in [6.45, 7) is 0.419. The molecule has 2 aromatic rings. The van der Waals surface area contributed by atoms with Crippen molar-refractivity contribution >= 4 is 34.6 Å². The van der Waals surface area contributed by atoms with Gasteiger partial charge in [-0.3, -0.25) is 4.79 Å². The minimum absolute atomic E-state index is 0.220. The highest BCUT2D eigenvalue weighted by molar-refractivity contribution is 7.18. The molecule has 1 atom stereocenters. The number of benzene rings is 1. The van der Waals surface area contributed by atoms with Crippen molar-refractivity contribution in [3.8, 4) is 0 Å². The average Bonchev–Trinajstić information content (AvgIpc) is 3.16. The molecule has 0 saturated carbocycles. The monoisotopic (exact) mass is 352 g/mol. The van der Waals surface area contributed by atoms with Crippen molar-refractivity contribution in [3.63, 3.8) is 0 Å². The van der Waals surface area contributed by atoms with Crippen LogP contribution >= 0.6 is 22.9 Å². The average molecular weight is 353 g/mol. The van der Waals surface area contributed by atoms with Gasteiger partial charge < -0.3 is 10.2 Å². The Hall–Kier alpha value is -1.92. The Balaban J connectivity index is 1.47. The van der Waals surface area contributed by atoms with Crippen LogP contribution in [-0.4, -0.2) is 24.3 Å². The number of carbonyl (C=O) groups excluding carboxylic acids is 1. The lowest BCUT2D eigenvalue weighted by Crippen LogP contribution is -2.35. The first-order valence-electron chi connectivity index (χ1n) is 7.12. The molecule has 1 unspecified atom stereocenters. The maximum absolute atomic E-state index is 13.1. The van der Waals surface area contributed by atoms with Crippen LogP contribution in [0.25, 0.3) is 0 Å². The number of thiophene rings is 1. The Bertz CT molecular complexity index is 747. The van der Waals surface area contributed by atoms with E-state index in [9.17, 15) is 9.18 Å². The normalized spacial score (nSPS) is 16.8. The van der Waals surface area contributed by atoms with Crippen LogP contribution in [0.15, 0.2) is 41.6 Å². The molecule has 1 amide bonds.